The predicted molar refractivity (Wildman–Crippen MR) is 84.5 cm³/mol. The number of para-hydroxylation sites is 1. The molecule has 22 heavy (non-hydrogen) atoms. The number of likely N-dealkylation sites (tertiary alicyclic amines) is 1. The maximum Gasteiger partial charge on any atom is 0.223 e. The van der Waals surface area contributed by atoms with Crippen LogP contribution in [0.3, 0.4) is 0 Å². The van der Waals surface area contributed by atoms with E-state index in [4.69, 9.17) is 0 Å². The molecule has 2 unspecified atom stereocenters. The highest BCUT2D eigenvalue weighted by atomic mass is 16.2. The molecule has 1 saturated carbocycles. The first-order valence-corrected chi connectivity index (χ1v) is 8.09. The van der Waals surface area contributed by atoms with E-state index in [9.17, 15) is 9.59 Å². The molecule has 1 aliphatic carbocycles. The topological polar surface area (TPSA) is 53.2 Å². The van der Waals surface area contributed by atoms with Crippen LogP contribution in [0.4, 0.5) is 0 Å². The molecular formula is C18H20N2O2. The zero-order valence-corrected chi connectivity index (χ0v) is 12.5. The third-order valence-electron chi connectivity index (χ3n) is 5.21. The van der Waals surface area contributed by atoms with Crippen LogP contribution in [0.15, 0.2) is 30.5 Å². The van der Waals surface area contributed by atoms with Crippen LogP contribution in [0.2, 0.25) is 0 Å². The first-order chi connectivity index (χ1) is 10.7. The number of hydrogen-bond acceptors (Lipinski definition) is 2. The molecule has 1 aliphatic heterocycles. The smallest absolute Gasteiger partial charge is 0.223 e. The van der Waals surface area contributed by atoms with Crippen LogP contribution < -0.4 is 0 Å². The summed E-state index contributed by atoms with van der Waals surface area (Å²) in [6.45, 7) is 0.756. The monoisotopic (exact) mass is 296 g/mol. The molecule has 1 N–H and O–H groups in total. The molecule has 2 bridgehead atoms. The lowest BCUT2D eigenvalue weighted by atomic mass is 9.78. The average Bonchev–Trinajstić information content (AvgIpc) is 2.94. The Kier molecular flexibility index (Phi) is 3.25. The summed E-state index contributed by atoms with van der Waals surface area (Å²) in [7, 11) is 0. The van der Waals surface area contributed by atoms with Gasteiger partial charge in [0.2, 0.25) is 5.91 Å². The second kappa shape index (κ2) is 5.27. The van der Waals surface area contributed by atoms with Gasteiger partial charge in [-0.3, -0.25) is 9.59 Å². The van der Waals surface area contributed by atoms with Crippen molar-refractivity contribution in [1.82, 2.24) is 9.88 Å². The van der Waals surface area contributed by atoms with Gasteiger partial charge in [-0.05, 0) is 30.9 Å². The number of benzene rings is 1. The van der Waals surface area contributed by atoms with E-state index in [0.29, 0.717) is 18.6 Å². The van der Waals surface area contributed by atoms with Gasteiger partial charge in [0.05, 0.1) is 0 Å². The lowest BCUT2D eigenvalue weighted by molar-refractivity contribution is -0.146. The predicted octanol–water partition coefficient (Wildman–Crippen LogP) is 2.68. The number of aromatic amines is 1. The van der Waals surface area contributed by atoms with Crippen LogP contribution in [0, 0.1) is 5.92 Å². The Morgan fingerprint density at radius 2 is 2.09 bits per heavy atom. The molecule has 114 valence electrons. The van der Waals surface area contributed by atoms with Gasteiger partial charge in [-0.2, -0.15) is 0 Å². The van der Waals surface area contributed by atoms with E-state index in [0.717, 1.165) is 31.3 Å². The van der Waals surface area contributed by atoms with E-state index >= 15 is 0 Å². The summed E-state index contributed by atoms with van der Waals surface area (Å²) in [6, 6.07) is 8.53. The van der Waals surface area contributed by atoms with Gasteiger partial charge in [0.1, 0.15) is 5.78 Å². The minimum absolute atomic E-state index is 0.00408. The van der Waals surface area contributed by atoms with Gasteiger partial charge in [-0.1, -0.05) is 18.2 Å². The highest BCUT2D eigenvalue weighted by Crippen LogP contribution is 2.33. The minimum atomic E-state index is -0.00408. The first-order valence-electron chi connectivity index (χ1n) is 8.09. The van der Waals surface area contributed by atoms with Crippen molar-refractivity contribution in [2.75, 3.05) is 6.54 Å². The number of H-pyrrole nitrogens is 1. The maximum absolute atomic E-state index is 12.3. The standard InChI is InChI=1S/C18H20N2O2/c21-17-6-5-14-9-13(17)10-18(22)20(14)8-7-12-11-19-16-4-2-1-3-15(12)16/h1-4,11,13-14,19H,5-10H2. The molecule has 2 atom stereocenters. The Bertz CT molecular complexity index is 734. The number of Topliss-reactive ketones (excluding diaryl/α,β-unsaturated/α-hetero) is 1. The lowest BCUT2D eigenvalue weighted by Gasteiger charge is -2.42. The number of aromatic nitrogens is 1. The van der Waals surface area contributed by atoms with E-state index in [1.165, 1.54) is 10.9 Å². The number of amides is 1. The number of nitrogens with zero attached hydrogens (tertiary/aromatic N) is 1. The summed E-state index contributed by atoms with van der Waals surface area (Å²) in [5, 5.41) is 1.24. The van der Waals surface area contributed by atoms with Crippen molar-refractivity contribution in [2.45, 2.75) is 38.1 Å². The molecule has 2 fully saturated rings. The Labute approximate surface area is 129 Å². The Hall–Kier alpha value is -2.10. The minimum Gasteiger partial charge on any atom is -0.361 e. The van der Waals surface area contributed by atoms with Crippen molar-refractivity contribution in [2.24, 2.45) is 5.92 Å². The summed E-state index contributed by atoms with van der Waals surface area (Å²) in [4.78, 5) is 29.4. The number of ketones is 1. The number of carbonyl (C=O) groups excluding carboxylic acids is 2. The van der Waals surface area contributed by atoms with Crippen LogP contribution in [0.25, 0.3) is 10.9 Å². The number of hydrogen-bond donors (Lipinski definition) is 1. The van der Waals surface area contributed by atoms with Crippen LogP contribution >= 0.6 is 0 Å². The SMILES string of the molecule is O=C1CCC2CC1CC(=O)N2CCc1c[nH]c2ccccc12. The summed E-state index contributed by atoms with van der Waals surface area (Å²) >= 11 is 0. The normalized spacial score (nSPS) is 25.0. The van der Waals surface area contributed by atoms with Gasteiger partial charge in [0, 0.05) is 48.4 Å². The molecule has 1 aromatic heterocycles. The van der Waals surface area contributed by atoms with Gasteiger partial charge < -0.3 is 9.88 Å². The fraction of sp³-hybridized carbons (Fsp3) is 0.444. The third kappa shape index (κ3) is 2.23. The summed E-state index contributed by atoms with van der Waals surface area (Å²) < 4.78 is 0. The summed E-state index contributed by atoms with van der Waals surface area (Å²) in [5.41, 5.74) is 2.41. The Morgan fingerprint density at radius 1 is 1.23 bits per heavy atom. The van der Waals surface area contributed by atoms with Crippen LogP contribution in [0.5, 0.6) is 0 Å². The molecular weight excluding hydrogens is 276 g/mol. The van der Waals surface area contributed by atoms with Crippen LogP contribution in [0.1, 0.15) is 31.2 Å². The molecule has 4 rings (SSSR count). The number of carbonyl (C=O) groups is 2. The Morgan fingerprint density at radius 3 is 3.00 bits per heavy atom. The van der Waals surface area contributed by atoms with Gasteiger partial charge >= 0.3 is 0 Å². The zero-order valence-electron chi connectivity index (χ0n) is 12.5. The molecule has 0 spiro atoms. The summed E-state index contributed by atoms with van der Waals surface area (Å²) in [5.74, 6) is 0.450. The number of nitrogens with one attached hydrogen (secondary N) is 1. The van der Waals surface area contributed by atoms with Crippen molar-refractivity contribution in [3.8, 4) is 0 Å². The highest BCUT2D eigenvalue weighted by molar-refractivity contribution is 5.90. The molecule has 1 amide bonds. The largest absolute Gasteiger partial charge is 0.361 e. The second-order valence-corrected chi connectivity index (χ2v) is 6.49. The van der Waals surface area contributed by atoms with Crippen molar-refractivity contribution < 1.29 is 9.59 Å². The zero-order chi connectivity index (χ0) is 15.1. The van der Waals surface area contributed by atoms with Crippen molar-refractivity contribution in [3.63, 3.8) is 0 Å². The average molecular weight is 296 g/mol. The van der Waals surface area contributed by atoms with E-state index in [1.54, 1.807) is 0 Å². The van der Waals surface area contributed by atoms with Gasteiger partial charge in [0.25, 0.3) is 0 Å². The maximum atomic E-state index is 12.3. The van der Waals surface area contributed by atoms with Gasteiger partial charge in [-0.15, -0.1) is 0 Å². The van der Waals surface area contributed by atoms with Crippen LogP contribution in [-0.4, -0.2) is 34.2 Å². The molecule has 1 aromatic carbocycles. The second-order valence-electron chi connectivity index (χ2n) is 6.49. The number of rotatable bonds is 3. The van der Waals surface area contributed by atoms with Crippen molar-refractivity contribution in [1.29, 1.82) is 0 Å². The van der Waals surface area contributed by atoms with E-state index in [1.807, 2.05) is 23.2 Å². The molecule has 2 aromatic rings. The van der Waals surface area contributed by atoms with E-state index in [2.05, 4.69) is 17.1 Å². The molecule has 1 saturated heterocycles. The summed E-state index contributed by atoms with van der Waals surface area (Å²) in [6.07, 6.45) is 5.69. The van der Waals surface area contributed by atoms with E-state index < -0.39 is 0 Å². The molecule has 0 radical (unpaired) electrons. The number of piperidine rings is 1. The van der Waals surface area contributed by atoms with Crippen LogP contribution in [-0.2, 0) is 16.0 Å². The quantitative estimate of drug-likeness (QED) is 0.946. The number of fused-ring (bicyclic) bond motifs is 3. The van der Waals surface area contributed by atoms with Gasteiger partial charge in [0.15, 0.2) is 0 Å². The highest BCUT2D eigenvalue weighted by Gasteiger charge is 2.40. The molecule has 2 aliphatic rings. The molecule has 2 heterocycles. The lowest BCUT2D eigenvalue weighted by Crippen LogP contribution is -2.51. The molecule has 4 heteroatoms. The Balaban J connectivity index is 1.49. The van der Waals surface area contributed by atoms with E-state index in [-0.39, 0.29) is 17.9 Å². The fourth-order valence-corrected chi connectivity index (χ4v) is 3.99. The van der Waals surface area contributed by atoms with Gasteiger partial charge in [-0.25, -0.2) is 0 Å². The first kappa shape index (κ1) is 13.6. The van der Waals surface area contributed by atoms with Crippen molar-refractivity contribution in [3.05, 3.63) is 36.0 Å². The van der Waals surface area contributed by atoms with Crippen molar-refractivity contribution >= 4 is 22.6 Å². The molecule has 4 nitrogen and oxygen atoms in total. The third-order valence-corrected chi connectivity index (χ3v) is 5.21. The fourth-order valence-electron chi connectivity index (χ4n) is 3.99.